The van der Waals surface area contributed by atoms with Gasteiger partial charge in [-0.3, -0.25) is 4.79 Å². The van der Waals surface area contributed by atoms with E-state index < -0.39 is 17.5 Å². The van der Waals surface area contributed by atoms with E-state index in [1.54, 1.807) is 0 Å². The zero-order chi connectivity index (χ0) is 14.9. The third-order valence-electron chi connectivity index (χ3n) is 4.54. The zero-order valence-electron chi connectivity index (χ0n) is 12.2. The van der Waals surface area contributed by atoms with Crippen LogP contribution in [0.4, 0.5) is 0 Å². The lowest BCUT2D eigenvalue weighted by atomic mass is 9.82. The third kappa shape index (κ3) is 2.79. The predicted molar refractivity (Wildman–Crippen MR) is 82.4 cm³/mol. The van der Waals surface area contributed by atoms with Crippen LogP contribution >= 0.6 is 0 Å². The Bertz CT molecular complexity index is 656. The Labute approximate surface area is 124 Å². The molecule has 3 heteroatoms. The van der Waals surface area contributed by atoms with Gasteiger partial charge >= 0.3 is 5.97 Å². The molecule has 0 aromatic heterocycles. The minimum Gasteiger partial charge on any atom is -0.481 e. The van der Waals surface area contributed by atoms with E-state index in [0.717, 1.165) is 23.8 Å². The molecule has 110 valence electrons. The Morgan fingerprint density at radius 2 is 2.05 bits per heavy atom. The van der Waals surface area contributed by atoms with Crippen molar-refractivity contribution < 1.29 is 14.6 Å². The van der Waals surface area contributed by atoms with Crippen LogP contribution < -0.4 is 0 Å². The average Bonchev–Trinajstić information content (AvgIpc) is 2.92. The number of ether oxygens (including phenoxy) is 1. The van der Waals surface area contributed by atoms with Gasteiger partial charge in [0, 0.05) is 6.61 Å². The summed E-state index contributed by atoms with van der Waals surface area (Å²) in [4.78, 5) is 11.7. The summed E-state index contributed by atoms with van der Waals surface area (Å²) >= 11 is 0. The third-order valence-corrected chi connectivity index (χ3v) is 4.54. The van der Waals surface area contributed by atoms with Crippen LogP contribution in [-0.4, -0.2) is 23.3 Å². The van der Waals surface area contributed by atoms with E-state index >= 15 is 0 Å². The fraction of sp³-hybridized carbons (Fsp3) is 0.389. The molecule has 1 aliphatic heterocycles. The van der Waals surface area contributed by atoms with E-state index in [4.69, 9.17) is 4.74 Å². The minimum atomic E-state index is -0.771. The highest BCUT2D eigenvalue weighted by Crippen LogP contribution is 2.35. The average molecular weight is 284 g/mol. The van der Waals surface area contributed by atoms with Gasteiger partial charge in [-0.1, -0.05) is 42.5 Å². The van der Waals surface area contributed by atoms with Crippen molar-refractivity contribution in [3.05, 3.63) is 48.0 Å². The van der Waals surface area contributed by atoms with E-state index in [2.05, 4.69) is 24.3 Å². The predicted octanol–water partition coefficient (Wildman–Crippen LogP) is 3.65. The number of hydrogen-bond donors (Lipinski definition) is 1. The number of benzene rings is 2. The molecular formula is C18H20O3. The van der Waals surface area contributed by atoms with Crippen molar-refractivity contribution in [3.8, 4) is 0 Å². The van der Waals surface area contributed by atoms with Crippen molar-refractivity contribution in [2.24, 2.45) is 5.92 Å². The summed E-state index contributed by atoms with van der Waals surface area (Å²) in [6.45, 7) is 2.60. The molecule has 2 aromatic rings. The fourth-order valence-electron chi connectivity index (χ4n) is 3.24. The largest absolute Gasteiger partial charge is 0.481 e. The molecule has 0 saturated carbocycles. The van der Waals surface area contributed by atoms with E-state index in [1.807, 2.05) is 25.1 Å². The Morgan fingerprint density at radius 3 is 2.71 bits per heavy atom. The van der Waals surface area contributed by atoms with Gasteiger partial charge in [-0.2, -0.15) is 0 Å². The summed E-state index contributed by atoms with van der Waals surface area (Å²) in [5.74, 6) is -1.27. The maximum absolute atomic E-state index is 11.7. The first-order valence-corrected chi connectivity index (χ1v) is 7.43. The monoisotopic (exact) mass is 284 g/mol. The molecule has 2 unspecified atom stereocenters. The first-order valence-electron chi connectivity index (χ1n) is 7.43. The number of carboxylic acids is 1. The molecule has 0 amide bonds. The van der Waals surface area contributed by atoms with Gasteiger partial charge in [0.25, 0.3) is 0 Å². The van der Waals surface area contributed by atoms with Gasteiger partial charge < -0.3 is 9.84 Å². The summed E-state index contributed by atoms with van der Waals surface area (Å²) in [6.07, 6.45) is 2.27. The van der Waals surface area contributed by atoms with Crippen LogP contribution in [0.15, 0.2) is 42.5 Å². The standard InChI is InChI=1S/C18H20O3/c1-18(9-4-10-21-18)16(17(19)20)12-13-7-8-14-5-2-3-6-15(14)11-13/h2-3,5-8,11,16H,4,9-10,12H2,1H3,(H,19,20). The Hall–Kier alpha value is -1.87. The summed E-state index contributed by atoms with van der Waals surface area (Å²) < 4.78 is 5.74. The van der Waals surface area contributed by atoms with Crippen LogP contribution in [0.2, 0.25) is 0 Å². The normalized spacial score (nSPS) is 23.3. The van der Waals surface area contributed by atoms with Crippen molar-refractivity contribution in [1.82, 2.24) is 0 Å². The summed E-state index contributed by atoms with van der Waals surface area (Å²) in [5.41, 5.74) is 0.509. The molecule has 1 N–H and O–H groups in total. The maximum atomic E-state index is 11.7. The van der Waals surface area contributed by atoms with Crippen molar-refractivity contribution >= 4 is 16.7 Å². The van der Waals surface area contributed by atoms with Crippen LogP contribution in [0.1, 0.15) is 25.3 Å². The summed E-state index contributed by atoms with van der Waals surface area (Å²) in [5, 5.41) is 11.9. The first kappa shape index (κ1) is 14.1. The van der Waals surface area contributed by atoms with Gasteiger partial charge in [-0.25, -0.2) is 0 Å². The molecule has 2 aromatic carbocycles. The van der Waals surface area contributed by atoms with Crippen LogP contribution in [-0.2, 0) is 16.0 Å². The van der Waals surface area contributed by atoms with Gasteiger partial charge in [0.1, 0.15) is 0 Å². The molecule has 3 nitrogen and oxygen atoms in total. The smallest absolute Gasteiger partial charge is 0.309 e. The van der Waals surface area contributed by atoms with Gasteiger partial charge in [0.2, 0.25) is 0 Å². The molecule has 21 heavy (non-hydrogen) atoms. The SMILES string of the molecule is CC1(C(Cc2ccc3ccccc3c2)C(=O)O)CCCO1. The summed E-state index contributed by atoms with van der Waals surface area (Å²) in [7, 11) is 0. The first-order chi connectivity index (χ1) is 10.1. The zero-order valence-corrected chi connectivity index (χ0v) is 12.2. The Morgan fingerprint density at radius 1 is 1.29 bits per heavy atom. The van der Waals surface area contributed by atoms with Gasteiger partial charge in [0.15, 0.2) is 0 Å². The number of carbonyl (C=O) groups is 1. The second-order valence-corrected chi connectivity index (χ2v) is 6.04. The highest BCUT2D eigenvalue weighted by molar-refractivity contribution is 5.83. The molecule has 0 bridgehead atoms. The van der Waals surface area contributed by atoms with Gasteiger partial charge in [-0.05, 0) is 42.5 Å². The number of aliphatic carboxylic acids is 1. The van der Waals surface area contributed by atoms with E-state index in [0.29, 0.717) is 13.0 Å². The highest BCUT2D eigenvalue weighted by atomic mass is 16.5. The lowest BCUT2D eigenvalue weighted by molar-refractivity contribution is -0.152. The van der Waals surface area contributed by atoms with Crippen molar-refractivity contribution in [2.75, 3.05) is 6.61 Å². The minimum absolute atomic E-state index is 0.499. The van der Waals surface area contributed by atoms with E-state index in [1.165, 1.54) is 5.39 Å². The van der Waals surface area contributed by atoms with Gasteiger partial charge in [0.05, 0.1) is 11.5 Å². The second kappa shape index (κ2) is 5.49. The fourth-order valence-corrected chi connectivity index (χ4v) is 3.24. The molecule has 2 atom stereocenters. The molecule has 1 saturated heterocycles. The molecule has 1 heterocycles. The van der Waals surface area contributed by atoms with Crippen LogP contribution in [0.5, 0.6) is 0 Å². The number of hydrogen-bond acceptors (Lipinski definition) is 2. The number of rotatable bonds is 4. The molecular weight excluding hydrogens is 264 g/mol. The molecule has 3 rings (SSSR count). The molecule has 0 spiro atoms. The van der Waals surface area contributed by atoms with Crippen LogP contribution in [0.3, 0.4) is 0 Å². The van der Waals surface area contributed by atoms with Crippen molar-refractivity contribution in [1.29, 1.82) is 0 Å². The second-order valence-electron chi connectivity index (χ2n) is 6.04. The molecule has 0 radical (unpaired) electrons. The highest BCUT2D eigenvalue weighted by Gasteiger charge is 2.42. The molecule has 1 aliphatic rings. The lowest BCUT2D eigenvalue weighted by Gasteiger charge is -2.30. The number of fused-ring (bicyclic) bond motifs is 1. The number of carboxylic acid groups (broad SMARTS) is 1. The molecule has 0 aliphatic carbocycles. The van der Waals surface area contributed by atoms with E-state index in [-0.39, 0.29) is 0 Å². The molecule has 1 fully saturated rings. The lowest BCUT2D eigenvalue weighted by Crippen LogP contribution is -2.40. The topological polar surface area (TPSA) is 46.5 Å². The summed E-state index contributed by atoms with van der Waals surface area (Å²) in [6, 6.07) is 14.3. The van der Waals surface area contributed by atoms with Crippen molar-refractivity contribution in [3.63, 3.8) is 0 Å². The van der Waals surface area contributed by atoms with E-state index in [9.17, 15) is 9.90 Å². The Balaban J connectivity index is 1.89. The van der Waals surface area contributed by atoms with Crippen LogP contribution in [0, 0.1) is 5.92 Å². The Kier molecular flexibility index (Phi) is 3.68. The van der Waals surface area contributed by atoms with Gasteiger partial charge in [-0.15, -0.1) is 0 Å². The van der Waals surface area contributed by atoms with Crippen molar-refractivity contribution in [2.45, 2.75) is 31.8 Å². The van der Waals surface area contributed by atoms with Crippen LogP contribution in [0.25, 0.3) is 10.8 Å². The quantitative estimate of drug-likeness (QED) is 0.932. The maximum Gasteiger partial charge on any atom is 0.309 e.